The molecule has 162 valence electrons. The van der Waals surface area contributed by atoms with E-state index in [1.54, 1.807) is 6.92 Å². The van der Waals surface area contributed by atoms with E-state index in [1.807, 2.05) is 0 Å². The van der Waals surface area contributed by atoms with Crippen LogP contribution in [0.4, 0.5) is 0 Å². The first kappa shape index (κ1) is 26.7. The summed E-state index contributed by atoms with van der Waals surface area (Å²) in [6, 6.07) is -0.912. The van der Waals surface area contributed by atoms with Crippen LogP contribution < -0.4 is 40.0 Å². The van der Waals surface area contributed by atoms with E-state index in [9.17, 15) is 35.1 Å². The van der Waals surface area contributed by atoms with Crippen LogP contribution in [0, 0.1) is 0 Å². The van der Waals surface area contributed by atoms with Crippen molar-refractivity contribution in [1.82, 2.24) is 5.32 Å². The molecule has 0 saturated carbocycles. The summed E-state index contributed by atoms with van der Waals surface area (Å²) in [5.74, 6) is -2.15. The third kappa shape index (κ3) is 5.86. The number of carbonyl (C=O) groups excluding carboxylic acids is 2. The van der Waals surface area contributed by atoms with Gasteiger partial charge in [0, 0.05) is 14.0 Å². The van der Waals surface area contributed by atoms with Gasteiger partial charge in [0.2, 0.25) is 5.91 Å². The number of carbonyl (C=O) groups is 2. The fourth-order valence-corrected chi connectivity index (χ4v) is 3.44. The van der Waals surface area contributed by atoms with Gasteiger partial charge in [-0.05, 0) is 6.92 Å². The second-order valence-corrected chi connectivity index (χ2v) is 6.81. The number of rotatable bonds is 6. The number of methoxy groups -OCH3 is 1. The Hall–Kier alpha value is -0.380. The Morgan fingerprint density at radius 1 is 1.10 bits per heavy atom. The van der Waals surface area contributed by atoms with Gasteiger partial charge in [-0.3, -0.25) is 4.79 Å². The first-order chi connectivity index (χ1) is 13.1. The van der Waals surface area contributed by atoms with Gasteiger partial charge in [-0.1, -0.05) is 0 Å². The van der Waals surface area contributed by atoms with Crippen LogP contribution in [0.5, 0.6) is 0 Å². The normalized spacial score (nSPS) is 42.6. The van der Waals surface area contributed by atoms with Gasteiger partial charge in [-0.25, -0.2) is 0 Å². The maximum atomic E-state index is 11.5. The zero-order valence-electron chi connectivity index (χ0n) is 16.6. The maximum Gasteiger partial charge on any atom is 1.00 e. The molecule has 2 saturated heterocycles. The van der Waals surface area contributed by atoms with Crippen molar-refractivity contribution in [2.45, 2.75) is 75.0 Å². The molecule has 2 fully saturated rings. The smallest absolute Gasteiger partial charge is 0.547 e. The number of aliphatic hydroxyl groups is 4. The van der Waals surface area contributed by atoms with Crippen molar-refractivity contribution in [2.75, 3.05) is 13.7 Å². The summed E-state index contributed by atoms with van der Waals surface area (Å²) < 4.78 is 21.1. The Labute approximate surface area is 189 Å². The molecule has 0 spiro atoms. The zero-order chi connectivity index (χ0) is 21.2. The van der Waals surface area contributed by atoms with Crippen molar-refractivity contribution < 1.29 is 83.6 Å². The van der Waals surface area contributed by atoms with E-state index < -0.39 is 79.6 Å². The van der Waals surface area contributed by atoms with E-state index in [-0.39, 0.29) is 29.6 Å². The molecule has 13 heteroatoms. The molecule has 2 aliphatic rings. The molecular weight excluding hydrogens is 405 g/mol. The summed E-state index contributed by atoms with van der Waals surface area (Å²) >= 11 is 0. The molecule has 29 heavy (non-hydrogen) atoms. The average molecular weight is 431 g/mol. The van der Waals surface area contributed by atoms with Crippen LogP contribution in [0.15, 0.2) is 0 Å². The van der Waals surface area contributed by atoms with Gasteiger partial charge in [0.25, 0.3) is 0 Å². The van der Waals surface area contributed by atoms with Crippen molar-refractivity contribution in [3.05, 3.63) is 0 Å². The van der Waals surface area contributed by atoms with Crippen LogP contribution in [0.2, 0.25) is 0 Å². The fourth-order valence-electron chi connectivity index (χ4n) is 3.44. The van der Waals surface area contributed by atoms with Crippen molar-refractivity contribution in [3.8, 4) is 0 Å². The Morgan fingerprint density at radius 2 is 1.72 bits per heavy atom. The molecule has 0 radical (unpaired) electrons. The molecule has 2 heterocycles. The van der Waals surface area contributed by atoms with Gasteiger partial charge in [0.1, 0.15) is 42.7 Å². The second kappa shape index (κ2) is 11.3. The van der Waals surface area contributed by atoms with Gasteiger partial charge in [0.15, 0.2) is 6.29 Å². The SMILES string of the molecule is CO[C@@H]1C(C(=O)[O-])O[C@@H](O[C@H]2C(NC(C)=O)[C@H](C)OC(CO)[C@H]2O)C(O)[C@@H]1O.[Na+]. The molecule has 2 aliphatic heterocycles. The minimum atomic E-state index is -1.75. The van der Waals surface area contributed by atoms with Gasteiger partial charge in [-0.2, -0.15) is 0 Å². The largest absolute Gasteiger partial charge is 1.00 e. The van der Waals surface area contributed by atoms with Crippen molar-refractivity contribution in [3.63, 3.8) is 0 Å². The Bertz CT molecular complexity index is 567. The maximum absolute atomic E-state index is 11.5. The van der Waals surface area contributed by atoms with Crippen LogP contribution in [-0.4, -0.2) is 107 Å². The van der Waals surface area contributed by atoms with Gasteiger partial charge in [-0.15, -0.1) is 0 Å². The van der Waals surface area contributed by atoms with Crippen molar-refractivity contribution >= 4 is 11.9 Å². The van der Waals surface area contributed by atoms with E-state index >= 15 is 0 Å². The van der Waals surface area contributed by atoms with Crippen LogP contribution in [0.1, 0.15) is 13.8 Å². The van der Waals surface area contributed by atoms with Gasteiger partial charge < -0.3 is 54.6 Å². The standard InChI is InChI=1S/C16H27NO11.Na/c1-5-8(17-6(2)19)12(9(20)7(4-18)26-5)27-16-11(22)10(21)13(25-3)14(28-16)15(23)24;/h5,7-14,16,18,20-22H,4H2,1-3H3,(H,17,19)(H,23,24);/q;+1/p-1/t5-,7?,8?,9+,10-,11?,12-,13-,14?,16+;/m0./s1. The number of nitrogens with one attached hydrogen (secondary N) is 1. The predicted molar refractivity (Wildman–Crippen MR) is 86.4 cm³/mol. The molecular formula is C16H26NNaO11. The zero-order valence-corrected chi connectivity index (χ0v) is 18.6. The van der Waals surface area contributed by atoms with Crippen LogP contribution >= 0.6 is 0 Å². The molecule has 10 atom stereocenters. The summed E-state index contributed by atoms with van der Waals surface area (Å²) in [6.07, 6.45) is -12.7. The number of carboxylic acid groups (broad SMARTS) is 1. The molecule has 2 rings (SSSR count). The summed E-state index contributed by atoms with van der Waals surface area (Å²) in [4.78, 5) is 22.8. The minimum absolute atomic E-state index is 0. The Morgan fingerprint density at radius 3 is 2.21 bits per heavy atom. The molecule has 12 nitrogen and oxygen atoms in total. The Balaban J connectivity index is 0.00000420. The quantitative estimate of drug-likeness (QED) is 0.251. The molecule has 0 aliphatic carbocycles. The number of aliphatic carboxylic acids is 1. The topological polar surface area (TPSA) is 187 Å². The molecule has 5 N–H and O–H groups in total. The summed E-state index contributed by atoms with van der Waals surface area (Å²) in [6.45, 7) is 2.25. The van der Waals surface area contributed by atoms with Gasteiger partial charge in [0.05, 0.1) is 24.7 Å². The van der Waals surface area contributed by atoms with E-state index in [4.69, 9.17) is 18.9 Å². The second-order valence-electron chi connectivity index (χ2n) is 6.81. The van der Waals surface area contributed by atoms with E-state index in [0.717, 1.165) is 7.11 Å². The van der Waals surface area contributed by atoms with Crippen LogP contribution in [0.25, 0.3) is 0 Å². The summed E-state index contributed by atoms with van der Waals surface area (Å²) in [7, 11) is 1.13. The molecule has 1 amide bonds. The number of hydrogen-bond acceptors (Lipinski definition) is 11. The summed E-state index contributed by atoms with van der Waals surface area (Å²) in [5.41, 5.74) is 0. The van der Waals surface area contributed by atoms with Crippen molar-refractivity contribution in [1.29, 1.82) is 0 Å². The first-order valence-corrected chi connectivity index (χ1v) is 8.74. The first-order valence-electron chi connectivity index (χ1n) is 8.74. The fraction of sp³-hybridized carbons (Fsp3) is 0.875. The van der Waals surface area contributed by atoms with Gasteiger partial charge >= 0.3 is 29.6 Å². The number of amides is 1. The summed E-state index contributed by atoms with van der Waals surface area (Å²) in [5, 5.41) is 54.2. The Kier molecular flexibility index (Phi) is 10.4. The third-order valence-electron chi connectivity index (χ3n) is 4.86. The molecule has 0 aromatic carbocycles. The van der Waals surface area contributed by atoms with E-state index in [0.29, 0.717) is 0 Å². The number of ether oxygens (including phenoxy) is 4. The molecule has 0 aromatic rings. The number of carboxylic acids is 1. The van der Waals surface area contributed by atoms with Crippen LogP contribution in [-0.2, 0) is 28.5 Å². The number of aliphatic hydroxyl groups excluding tert-OH is 4. The average Bonchev–Trinajstić information content (AvgIpc) is 2.63. The van der Waals surface area contributed by atoms with E-state index in [1.165, 1.54) is 6.92 Å². The molecule has 0 aromatic heterocycles. The molecule has 4 unspecified atom stereocenters. The van der Waals surface area contributed by atoms with Crippen molar-refractivity contribution in [2.24, 2.45) is 0 Å². The van der Waals surface area contributed by atoms with E-state index in [2.05, 4.69) is 5.32 Å². The minimum Gasteiger partial charge on any atom is -0.547 e. The molecule has 0 bridgehead atoms. The number of hydrogen-bond donors (Lipinski definition) is 5. The monoisotopic (exact) mass is 431 g/mol. The predicted octanol–water partition coefficient (Wildman–Crippen LogP) is -7.77. The van der Waals surface area contributed by atoms with Crippen LogP contribution in [0.3, 0.4) is 0 Å². The third-order valence-corrected chi connectivity index (χ3v) is 4.86.